The van der Waals surface area contributed by atoms with Gasteiger partial charge in [-0.15, -0.1) is 0 Å². The number of pyridine rings is 1. The minimum Gasteiger partial charge on any atom is -0.369 e. The summed E-state index contributed by atoms with van der Waals surface area (Å²) >= 11 is 6.05. The summed E-state index contributed by atoms with van der Waals surface area (Å²) in [5, 5.41) is 3.20. The van der Waals surface area contributed by atoms with Crippen LogP contribution in [-0.2, 0) is 9.84 Å². The summed E-state index contributed by atoms with van der Waals surface area (Å²) in [6.45, 7) is 0. The Labute approximate surface area is 151 Å². The molecule has 0 bridgehead atoms. The van der Waals surface area contributed by atoms with Gasteiger partial charge in [-0.3, -0.25) is 9.78 Å². The minimum absolute atomic E-state index is 0.103. The van der Waals surface area contributed by atoms with E-state index in [1.165, 1.54) is 6.20 Å². The molecule has 25 heavy (non-hydrogen) atoms. The molecule has 0 aliphatic carbocycles. The fourth-order valence-corrected chi connectivity index (χ4v) is 4.75. The highest BCUT2D eigenvalue weighted by atomic mass is 35.5. The Morgan fingerprint density at radius 3 is 2.76 bits per heavy atom. The van der Waals surface area contributed by atoms with Crippen LogP contribution < -0.4 is 10.2 Å². The van der Waals surface area contributed by atoms with Gasteiger partial charge >= 0.3 is 0 Å². The van der Waals surface area contributed by atoms with Gasteiger partial charge in [0, 0.05) is 19.3 Å². The first-order chi connectivity index (χ1) is 11.9. The van der Waals surface area contributed by atoms with Crippen molar-refractivity contribution in [2.45, 2.75) is 12.5 Å². The Morgan fingerprint density at radius 2 is 2.08 bits per heavy atom. The number of hydrogen-bond donors (Lipinski definition) is 1. The Balaban J connectivity index is 1.77. The molecule has 1 saturated heterocycles. The van der Waals surface area contributed by atoms with Crippen molar-refractivity contribution < 1.29 is 13.2 Å². The fraction of sp³-hybridized carbons (Fsp3) is 0.294. The van der Waals surface area contributed by atoms with Gasteiger partial charge in [-0.2, -0.15) is 0 Å². The largest absolute Gasteiger partial charge is 0.369 e. The quantitative estimate of drug-likeness (QED) is 0.883. The van der Waals surface area contributed by atoms with E-state index in [-0.39, 0.29) is 23.5 Å². The smallest absolute Gasteiger partial charge is 0.257 e. The number of nitrogens with one attached hydrogen (secondary N) is 1. The van der Waals surface area contributed by atoms with Gasteiger partial charge in [-0.1, -0.05) is 23.7 Å². The number of anilines is 2. The Hall–Kier alpha value is -2.12. The third-order valence-corrected chi connectivity index (χ3v) is 6.35. The molecule has 3 rings (SSSR count). The first-order valence-corrected chi connectivity index (χ1v) is 10.00. The van der Waals surface area contributed by atoms with Crippen LogP contribution in [-0.4, -0.2) is 43.9 Å². The zero-order chi connectivity index (χ0) is 18.0. The molecule has 1 amide bonds. The minimum atomic E-state index is -2.98. The Morgan fingerprint density at radius 1 is 1.32 bits per heavy atom. The van der Waals surface area contributed by atoms with Crippen LogP contribution in [0.1, 0.15) is 16.8 Å². The molecule has 0 saturated carbocycles. The summed E-state index contributed by atoms with van der Waals surface area (Å²) in [6.07, 6.45) is 3.67. The number of sulfone groups is 1. The van der Waals surface area contributed by atoms with Crippen LogP contribution in [0, 0.1) is 0 Å². The molecular weight excluding hydrogens is 362 g/mol. The number of amides is 1. The van der Waals surface area contributed by atoms with Crippen molar-refractivity contribution in [1.82, 2.24) is 4.98 Å². The van der Waals surface area contributed by atoms with E-state index in [1.54, 1.807) is 36.5 Å². The van der Waals surface area contributed by atoms with E-state index in [0.29, 0.717) is 28.4 Å². The molecule has 1 aliphatic heterocycles. The SMILES string of the molecule is CN(c1cncc(C(=O)Nc2ccccc2Cl)c1)C1CCS(=O)(=O)C1. The standard InChI is InChI=1S/C17H18ClN3O3S/c1-21(13-6-7-25(23,24)11-13)14-8-12(9-19-10-14)17(22)20-16-5-3-2-4-15(16)18/h2-5,8-10,13H,6-7,11H2,1H3,(H,20,22). The molecular formula is C17H18ClN3O3S. The third kappa shape index (κ3) is 4.11. The van der Waals surface area contributed by atoms with Gasteiger partial charge in [0.2, 0.25) is 0 Å². The summed E-state index contributed by atoms with van der Waals surface area (Å²) in [5.41, 5.74) is 1.61. The summed E-state index contributed by atoms with van der Waals surface area (Å²) < 4.78 is 23.3. The molecule has 8 heteroatoms. The van der Waals surface area contributed by atoms with E-state index >= 15 is 0 Å². The van der Waals surface area contributed by atoms with Crippen molar-refractivity contribution in [1.29, 1.82) is 0 Å². The molecule has 0 radical (unpaired) electrons. The first kappa shape index (κ1) is 17.7. The molecule has 1 atom stereocenters. The summed E-state index contributed by atoms with van der Waals surface area (Å²) in [7, 11) is -1.16. The van der Waals surface area contributed by atoms with Crippen molar-refractivity contribution in [3.63, 3.8) is 0 Å². The second kappa shape index (κ2) is 7.01. The molecule has 1 aliphatic rings. The lowest BCUT2D eigenvalue weighted by Gasteiger charge is -2.25. The number of rotatable bonds is 4. The number of aromatic nitrogens is 1. The lowest BCUT2D eigenvalue weighted by Crippen LogP contribution is -2.32. The second-order valence-electron chi connectivity index (χ2n) is 6.03. The normalized spacial score (nSPS) is 18.7. The van der Waals surface area contributed by atoms with E-state index in [1.807, 2.05) is 11.9 Å². The van der Waals surface area contributed by atoms with Crippen LogP contribution in [0.4, 0.5) is 11.4 Å². The van der Waals surface area contributed by atoms with Crippen LogP contribution >= 0.6 is 11.6 Å². The number of para-hydroxylation sites is 1. The molecule has 0 spiro atoms. The van der Waals surface area contributed by atoms with Gasteiger partial charge < -0.3 is 10.2 Å². The zero-order valence-electron chi connectivity index (χ0n) is 13.6. The van der Waals surface area contributed by atoms with E-state index in [4.69, 9.17) is 11.6 Å². The maximum atomic E-state index is 12.4. The topological polar surface area (TPSA) is 79.4 Å². The number of nitrogens with zero attached hydrogens (tertiary/aromatic N) is 2. The molecule has 1 N–H and O–H groups in total. The van der Waals surface area contributed by atoms with E-state index < -0.39 is 9.84 Å². The average Bonchev–Trinajstić information content (AvgIpc) is 2.96. The fourth-order valence-electron chi connectivity index (χ4n) is 2.79. The molecule has 1 aromatic heterocycles. The molecule has 2 aromatic rings. The van der Waals surface area contributed by atoms with Gasteiger partial charge in [-0.25, -0.2) is 8.42 Å². The van der Waals surface area contributed by atoms with Crippen LogP contribution in [0.2, 0.25) is 5.02 Å². The van der Waals surface area contributed by atoms with Crippen LogP contribution in [0.15, 0.2) is 42.7 Å². The highest BCUT2D eigenvalue weighted by Gasteiger charge is 2.31. The maximum Gasteiger partial charge on any atom is 0.257 e. The monoisotopic (exact) mass is 379 g/mol. The van der Waals surface area contributed by atoms with Gasteiger partial charge in [0.15, 0.2) is 9.84 Å². The van der Waals surface area contributed by atoms with Crippen LogP contribution in [0.3, 0.4) is 0 Å². The van der Waals surface area contributed by atoms with Crippen molar-refractivity contribution in [2.75, 3.05) is 28.8 Å². The van der Waals surface area contributed by atoms with Gasteiger partial charge in [0.05, 0.1) is 39.7 Å². The third-order valence-electron chi connectivity index (χ3n) is 4.27. The average molecular weight is 380 g/mol. The zero-order valence-corrected chi connectivity index (χ0v) is 15.2. The van der Waals surface area contributed by atoms with Gasteiger partial charge in [-0.05, 0) is 24.6 Å². The van der Waals surface area contributed by atoms with Gasteiger partial charge in [0.1, 0.15) is 0 Å². The molecule has 132 valence electrons. The number of benzene rings is 1. The summed E-state index contributed by atoms with van der Waals surface area (Å²) in [4.78, 5) is 18.4. The lowest BCUT2D eigenvalue weighted by molar-refractivity contribution is 0.102. The number of hydrogen-bond acceptors (Lipinski definition) is 5. The molecule has 1 unspecified atom stereocenters. The number of halogens is 1. The van der Waals surface area contributed by atoms with Crippen molar-refractivity contribution in [2.24, 2.45) is 0 Å². The van der Waals surface area contributed by atoms with E-state index in [0.717, 1.165) is 0 Å². The van der Waals surface area contributed by atoms with E-state index in [9.17, 15) is 13.2 Å². The Bertz CT molecular complexity index is 902. The van der Waals surface area contributed by atoms with E-state index in [2.05, 4.69) is 10.3 Å². The van der Waals surface area contributed by atoms with Crippen molar-refractivity contribution >= 4 is 38.7 Å². The van der Waals surface area contributed by atoms with Gasteiger partial charge in [0.25, 0.3) is 5.91 Å². The highest BCUT2D eigenvalue weighted by molar-refractivity contribution is 7.91. The summed E-state index contributed by atoms with van der Waals surface area (Å²) in [5.74, 6) is -0.00308. The molecule has 2 heterocycles. The van der Waals surface area contributed by atoms with Crippen molar-refractivity contribution in [3.8, 4) is 0 Å². The first-order valence-electron chi connectivity index (χ1n) is 7.80. The van der Waals surface area contributed by atoms with Crippen LogP contribution in [0.25, 0.3) is 0 Å². The number of carbonyl (C=O) groups is 1. The predicted octanol–water partition coefficient (Wildman–Crippen LogP) is 2.61. The Kier molecular flexibility index (Phi) is 4.96. The second-order valence-corrected chi connectivity index (χ2v) is 8.67. The molecule has 6 nitrogen and oxygen atoms in total. The maximum absolute atomic E-state index is 12.4. The van der Waals surface area contributed by atoms with Crippen LogP contribution in [0.5, 0.6) is 0 Å². The highest BCUT2D eigenvalue weighted by Crippen LogP contribution is 2.24. The lowest BCUT2D eigenvalue weighted by atomic mass is 10.2. The summed E-state index contributed by atoms with van der Waals surface area (Å²) in [6, 6.07) is 8.57. The molecule has 1 fully saturated rings. The predicted molar refractivity (Wildman–Crippen MR) is 99.1 cm³/mol. The molecule has 1 aromatic carbocycles. The number of carbonyl (C=O) groups excluding carboxylic acids is 1. The van der Waals surface area contributed by atoms with Crippen molar-refractivity contribution in [3.05, 3.63) is 53.3 Å².